The van der Waals surface area contributed by atoms with Crippen LogP contribution in [0.15, 0.2) is 54.6 Å². The van der Waals surface area contributed by atoms with Gasteiger partial charge in [-0.25, -0.2) is 0 Å². The van der Waals surface area contributed by atoms with Crippen molar-refractivity contribution in [1.82, 2.24) is 15.0 Å². The van der Waals surface area contributed by atoms with Crippen LogP contribution in [0.5, 0.6) is 0 Å². The molecule has 0 atom stereocenters. The number of hydrogen-bond donors (Lipinski definition) is 0. The summed E-state index contributed by atoms with van der Waals surface area (Å²) in [5, 5.41) is 0. The Morgan fingerprint density at radius 1 is 0.459 bits per heavy atom. The zero-order valence-electron chi connectivity index (χ0n) is 24.8. The van der Waals surface area contributed by atoms with Crippen LogP contribution >= 0.6 is 0 Å². The summed E-state index contributed by atoms with van der Waals surface area (Å²) < 4.78 is 8.44. The van der Waals surface area contributed by atoms with E-state index in [4.69, 9.17) is 15.0 Å². The number of pyridine rings is 3. The molecule has 3 rings (SSSR count). The van der Waals surface area contributed by atoms with Gasteiger partial charge in [-0.2, -0.15) is 0 Å². The van der Waals surface area contributed by atoms with Gasteiger partial charge in [-0.1, -0.05) is 0 Å². The quantitative estimate of drug-likeness (QED) is 0.229. The molecule has 6 nitrogen and oxygen atoms in total. The maximum atomic E-state index is 5.16. The Kier molecular flexibility index (Phi) is 9.04. The minimum absolute atomic E-state index is 1.06. The summed E-state index contributed by atoms with van der Waals surface area (Å²) in [7, 11) is -5.80. The molecule has 10 heteroatoms. The molecule has 200 valence electrons. The second-order valence-corrected chi connectivity index (χ2v) is 35.3. The van der Waals surface area contributed by atoms with Crippen molar-refractivity contribution in [2.75, 3.05) is 8.17 Å². The molecular weight excluding hydrogens is 614 g/mol. The van der Waals surface area contributed by atoms with Crippen LogP contribution in [0.4, 0.5) is 17.5 Å². The number of rotatable bonds is 9. The summed E-state index contributed by atoms with van der Waals surface area (Å²) in [4.78, 5) is 15.5. The molecule has 0 aliphatic heterocycles. The van der Waals surface area contributed by atoms with Crippen LogP contribution in [-0.4, -0.2) is 60.7 Å². The Morgan fingerprint density at radius 3 is 0.892 bits per heavy atom. The molecule has 0 bridgehead atoms. The van der Waals surface area contributed by atoms with E-state index in [1.807, 2.05) is 0 Å². The van der Waals surface area contributed by atoms with Crippen LogP contribution in [-0.2, 0) is 0 Å². The summed E-state index contributed by atoms with van der Waals surface area (Å²) in [5.41, 5.74) is 3.17. The molecule has 0 amide bonds. The standard InChI is InChI=1S/3C9H15N2Si.Sb/c3*1-8-6-5-7-9(10-8)11-12(2,3)4;/h3*5-7H,1-4H3;/q3*-1;+3. The summed E-state index contributed by atoms with van der Waals surface area (Å²) in [6, 6.07) is 19.5. The van der Waals surface area contributed by atoms with Crippen molar-refractivity contribution in [2.45, 2.75) is 79.7 Å². The van der Waals surface area contributed by atoms with E-state index in [0.29, 0.717) is 0 Å². The van der Waals surface area contributed by atoms with Gasteiger partial charge in [0.05, 0.1) is 0 Å². The Bertz CT molecular complexity index is 1070. The first-order chi connectivity index (χ1) is 17.0. The van der Waals surface area contributed by atoms with E-state index < -0.39 is 45.7 Å². The minimum atomic E-state index is -2.87. The summed E-state index contributed by atoms with van der Waals surface area (Å²) >= 11 is -2.87. The molecule has 0 unspecified atom stereocenters. The van der Waals surface area contributed by atoms with E-state index in [2.05, 4.69) is 142 Å². The van der Waals surface area contributed by atoms with E-state index in [1.54, 1.807) is 0 Å². The number of anilines is 3. The van der Waals surface area contributed by atoms with Gasteiger partial charge < -0.3 is 0 Å². The fraction of sp³-hybridized carbons (Fsp3) is 0.444. The van der Waals surface area contributed by atoms with Gasteiger partial charge in [0.15, 0.2) is 0 Å². The number of aromatic nitrogens is 3. The fourth-order valence-corrected chi connectivity index (χ4v) is 31.6. The van der Waals surface area contributed by atoms with Gasteiger partial charge >= 0.3 is 238 Å². The second kappa shape index (κ2) is 11.2. The number of nitrogens with zero attached hydrogens (tertiary/aromatic N) is 6. The van der Waals surface area contributed by atoms with Crippen molar-refractivity contribution in [3.05, 3.63) is 71.7 Å². The van der Waals surface area contributed by atoms with Gasteiger partial charge in [0.1, 0.15) is 0 Å². The molecular formula is C27H45N6SbSi3. The Hall–Kier alpha value is -1.68. The number of aryl methyl sites for hydroxylation is 3. The van der Waals surface area contributed by atoms with Gasteiger partial charge in [0.2, 0.25) is 0 Å². The molecule has 0 aliphatic carbocycles. The average Bonchev–Trinajstić information content (AvgIpc) is 2.71. The Balaban J connectivity index is 2.47. The summed E-state index contributed by atoms with van der Waals surface area (Å²) in [5.74, 6) is 3.32. The van der Waals surface area contributed by atoms with E-state index in [0.717, 1.165) is 34.5 Å². The third-order valence-corrected chi connectivity index (χ3v) is 34.0. The first kappa shape index (κ1) is 29.9. The number of hydrogen-bond acceptors (Lipinski definition) is 6. The summed E-state index contributed by atoms with van der Waals surface area (Å²) in [6.07, 6.45) is 0. The monoisotopic (exact) mass is 658 g/mol. The van der Waals surface area contributed by atoms with E-state index in [9.17, 15) is 0 Å². The first-order valence-electron chi connectivity index (χ1n) is 13.0. The van der Waals surface area contributed by atoms with Gasteiger partial charge in [0, 0.05) is 0 Å². The fourth-order valence-electron chi connectivity index (χ4n) is 4.32. The van der Waals surface area contributed by atoms with Crippen molar-refractivity contribution in [3.8, 4) is 0 Å². The van der Waals surface area contributed by atoms with Crippen LogP contribution in [0.3, 0.4) is 0 Å². The van der Waals surface area contributed by atoms with E-state index in [1.165, 1.54) is 0 Å². The Labute approximate surface area is 236 Å². The third kappa shape index (κ3) is 7.25. The topological polar surface area (TPSA) is 48.4 Å². The molecule has 0 saturated heterocycles. The van der Waals surface area contributed by atoms with Crippen molar-refractivity contribution in [3.63, 3.8) is 0 Å². The first-order valence-corrected chi connectivity index (χ1v) is 26.8. The second-order valence-electron chi connectivity index (χ2n) is 12.6. The molecule has 3 aromatic heterocycles. The molecule has 0 N–H and O–H groups in total. The molecule has 37 heavy (non-hydrogen) atoms. The molecule has 3 aromatic rings. The predicted molar refractivity (Wildman–Crippen MR) is 170 cm³/mol. The van der Waals surface area contributed by atoms with Gasteiger partial charge in [0.25, 0.3) is 0 Å². The zero-order chi connectivity index (χ0) is 27.8. The molecule has 3 heterocycles. The van der Waals surface area contributed by atoms with Crippen LogP contribution < -0.4 is 8.17 Å². The van der Waals surface area contributed by atoms with E-state index in [-0.39, 0.29) is 0 Å². The van der Waals surface area contributed by atoms with Crippen LogP contribution in [0.1, 0.15) is 17.1 Å². The van der Waals surface area contributed by atoms with Crippen LogP contribution in [0.25, 0.3) is 0 Å². The van der Waals surface area contributed by atoms with Crippen molar-refractivity contribution in [2.24, 2.45) is 0 Å². The normalized spacial score (nSPS) is 12.6. The molecule has 0 radical (unpaired) electrons. The van der Waals surface area contributed by atoms with Crippen LogP contribution in [0, 0.1) is 20.8 Å². The summed E-state index contributed by atoms with van der Waals surface area (Å²) in [6.45, 7) is 28.5. The third-order valence-electron chi connectivity index (χ3n) is 5.71. The maximum absolute atomic E-state index is 5.16. The molecule has 0 fully saturated rings. The molecule has 0 aliphatic rings. The van der Waals surface area contributed by atoms with Gasteiger partial charge in [-0.3, -0.25) is 0 Å². The van der Waals surface area contributed by atoms with Gasteiger partial charge in [-0.05, 0) is 0 Å². The van der Waals surface area contributed by atoms with E-state index >= 15 is 0 Å². The molecule has 0 spiro atoms. The van der Waals surface area contributed by atoms with Crippen molar-refractivity contribution in [1.29, 1.82) is 0 Å². The Morgan fingerprint density at radius 2 is 0.703 bits per heavy atom. The predicted octanol–water partition coefficient (Wildman–Crippen LogP) is 7.11. The SMILES string of the molecule is Cc1cccc([N]([Sb]([N](c2cccc(C)n2)[Si](C)(C)C)[N](c2cccc(C)n2)[Si](C)(C)C)[Si](C)(C)C)n1. The zero-order valence-corrected chi connectivity index (χ0v) is 30.4. The van der Waals surface area contributed by atoms with Crippen molar-refractivity contribution < 1.29 is 0 Å². The van der Waals surface area contributed by atoms with Gasteiger partial charge in [-0.15, -0.1) is 0 Å². The average molecular weight is 660 g/mol. The molecule has 0 saturated carbocycles. The van der Waals surface area contributed by atoms with Crippen molar-refractivity contribution >= 4 is 63.2 Å². The van der Waals surface area contributed by atoms with Crippen LogP contribution in [0.2, 0.25) is 58.9 Å². The molecule has 0 aromatic carbocycles.